The van der Waals surface area contributed by atoms with Gasteiger partial charge in [0.15, 0.2) is 10.2 Å². The van der Waals surface area contributed by atoms with Gasteiger partial charge < -0.3 is 9.63 Å². The second-order valence-corrected chi connectivity index (χ2v) is 6.25. The number of carboxylic acid groups (broad SMARTS) is 1. The highest BCUT2D eigenvalue weighted by Gasteiger charge is 2.11. The van der Waals surface area contributed by atoms with Gasteiger partial charge in [0.05, 0.1) is 17.9 Å². The summed E-state index contributed by atoms with van der Waals surface area (Å²) in [5.41, 5.74) is 0.580. The summed E-state index contributed by atoms with van der Waals surface area (Å²) in [6.45, 7) is 3.98. The van der Waals surface area contributed by atoms with E-state index in [2.05, 4.69) is 15.1 Å². The number of nitrogens with zero attached hydrogens (tertiary/aromatic N) is 3. The first-order valence-electron chi connectivity index (χ1n) is 5.66. The highest BCUT2D eigenvalue weighted by atomic mass is 32.2. The van der Waals surface area contributed by atoms with Crippen molar-refractivity contribution < 1.29 is 14.4 Å². The van der Waals surface area contributed by atoms with Crippen molar-refractivity contribution in [2.24, 2.45) is 0 Å². The first kappa shape index (κ1) is 14.0. The van der Waals surface area contributed by atoms with Crippen LogP contribution in [-0.4, -0.2) is 26.2 Å². The van der Waals surface area contributed by atoms with Crippen LogP contribution in [0.4, 0.5) is 0 Å². The van der Waals surface area contributed by atoms with E-state index in [-0.39, 0.29) is 12.3 Å². The van der Waals surface area contributed by atoms with E-state index in [9.17, 15) is 4.79 Å². The van der Waals surface area contributed by atoms with Gasteiger partial charge in [0.25, 0.3) is 0 Å². The molecule has 6 nitrogen and oxygen atoms in total. The summed E-state index contributed by atoms with van der Waals surface area (Å²) in [4.78, 5) is 19.0. The Morgan fingerprint density at radius 1 is 1.53 bits per heavy atom. The summed E-state index contributed by atoms with van der Waals surface area (Å²) in [5, 5.41) is 14.3. The van der Waals surface area contributed by atoms with Gasteiger partial charge in [0.1, 0.15) is 0 Å². The lowest BCUT2D eigenvalue weighted by Gasteiger charge is -1.93. The third-order valence-electron chi connectivity index (χ3n) is 2.17. The first-order valence-corrected chi connectivity index (χ1v) is 7.52. The topological polar surface area (TPSA) is 89.1 Å². The molecule has 2 heterocycles. The van der Waals surface area contributed by atoms with Crippen molar-refractivity contribution in [3.63, 3.8) is 0 Å². The van der Waals surface area contributed by atoms with Gasteiger partial charge >= 0.3 is 5.97 Å². The van der Waals surface area contributed by atoms with Crippen molar-refractivity contribution in [1.82, 2.24) is 15.1 Å². The highest BCUT2D eigenvalue weighted by molar-refractivity contribution is 8.00. The number of carbonyl (C=O) groups is 1. The van der Waals surface area contributed by atoms with Crippen LogP contribution in [-0.2, 0) is 17.0 Å². The number of aromatic nitrogens is 3. The molecule has 0 bridgehead atoms. The van der Waals surface area contributed by atoms with Crippen molar-refractivity contribution in [3.8, 4) is 0 Å². The van der Waals surface area contributed by atoms with Crippen LogP contribution < -0.4 is 0 Å². The van der Waals surface area contributed by atoms with Crippen LogP contribution in [0.1, 0.15) is 37.2 Å². The fourth-order valence-corrected chi connectivity index (χ4v) is 2.97. The summed E-state index contributed by atoms with van der Waals surface area (Å²) in [6, 6.07) is 0. The van der Waals surface area contributed by atoms with Gasteiger partial charge in [-0.3, -0.25) is 4.79 Å². The first-order chi connectivity index (χ1) is 9.04. The van der Waals surface area contributed by atoms with Crippen LogP contribution in [0, 0.1) is 0 Å². The van der Waals surface area contributed by atoms with Crippen molar-refractivity contribution in [2.75, 3.05) is 0 Å². The van der Waals surface area contributed by atoms with E-state index < -0.39 is 5.97 Å². The van der Waals surface area contributed by atoms with E-state index >= 15 is 0 Å². The number of hydrogen-bond acceptors (Lipinski definition) is 7. The van der Waals surface area contributed by atoms with Crippen molar-refractivity contribution in [3.05, 3.63) is 22.8 Å². The molecule has 8 heteroatoms. The number of thioether (sulfide) groups is 1. The molecule has 0 aliphatic rings. The van der Waals surface area contributed by atoms with Gasteiger partial charge in [0.2, 0.25) is 5.89 Å². The number of hydrogen-bond donors (Lipinski definition) is 1. The smallest absolute Gasteiger partial charge is 0.309 e. The van der Waals surface area contributed by atoms with Crippen molar-refractivity contribution in [1.29, 1.82) is 0 Å². The number of carboxylic acids is 1. The van der Waals surface area contributed by atoms with E-state index in [1.54, 1.807) is 5.38 Å². The van der Waals surface area contributed by atoms with E-state index in [0.29, 0.717) is 23.2 Å². The van der Waals surface area contributed by atoms with Crippen molar-refractivity contribution >= 4 is 29.1 Å². The monoisotopic (exact) mass is 299 g/mol. The predicted octanol–water partition coefficient (Wildman–Crippen LogP) is 2.57. The molecule has 2 aromatic rings. The van der Waals surface area contributed by atoms with E-state index in [0.717, 1.165) is 4.34 Å². The van der Waals surface area contributed by atoms with Crippen molar-refractivity contribution in [2.45, 2.75) is 36.3 Å². The molecule has 0 aliphatic carbocycles. The molecule has 19 heavy (non-hydrogen) atoms. The third kappa shape index (κ3) is 4.03. The molecule has 0 amide bonds. The Morgan fingerprint density at radius 3 is 2.95 bits per heavy atom. The molecular formula is C11H13N3O3S2. The minimum Gasteiger partial charge on any atom is -0.481 e. The summed E-state index contributed by atoms with van der Waals surface area (Å²) in [7, 11) is 0. The molecule has 0 radical (unpaired) electrons. The summed E-state index contributed by atoms with van der Waals surface area (Å²) < 4.78 is 5.92. The average Bonchev–Trinajstić information content (AvgIpc) is 2.94. The van der Waals surface area contributed by atoms with Crippen LogP contribution in [0.3, 0.4) is 0 Å². The molecule has 0 saturated carbocycles. The Morgan fingerprint density at radius 2 is 2.32 bits per heavy atom. The lowest BCUT2D eigenvalue weighted by molar-refractivity contribution is -0.136. The molecule has 2 rings (SSSR count). The van der Waals surface area contributed by atoms with Gasteiger partial charge in [-0.25, -0.2) is 4.98 Å². The van der Waals surface area contributed by atoms with Gasteiger partial charge in [-0.2, -0.15) is 4.98 Å². The minimum absolute atomic E-state index is 0.0449. The van der Waals surface area contributed by atoms with Gasteiger partial charge in [-0.15, -0.1) is 11.3 Å². The molecule has 0 saturated heterocycles. The van der Waals surface area contributed by atoms with Crippen LogP contribution >= 0.6 is 23.1 Å². The molecule has 2 aromatic heterocycles. The lowest BCUT2D eigenvalue weighted by Crippen LogP contribution is -1.99. The molecule has 0 unspecified atom stereocenters. The summed E-state index contributed by atoms with van der Waals surface area (Å²) >= 11 is 2.90. The summed E-state index contributed by atoms with van der Waals surface area (Å²) in [5.74, 6) is 1.16. The maximum Gasteiger partial charge on any atom is 0.309 e. The number of aliphatic carboxylic acids is 1. The molecule has 0 fully saturated rings. The van der Waals surface area contributed by atoms with Gasteiger partial charge in [0, 0.05) is 11.3 Å². The molecule has 0 aromatic carbocycles. The Kier molecular flexibility index (Phi) is 4.54. The number of thiazole rings is 1. The molecule has 102 valence electrons. The van der Waals surface area contributed by atoms with Gasteiger partial charge in [-0.05, 0) is 0 Å². The maximum absolute atomic E-state index is 10.5. The molecule has 0 atom stereocenters. The predicted molar refractivity (Wildman–Crippen MR) is 71.4 cm³/mol. The SMILES string of the molecule is CC(C)c1nc(CSc2nc(CC(=O)O)cs2)no1. The minimum atomic E-state index is -0.874. The maximum atomic E-state index is 10.5. The second-order valence-electron chi connectivity index (χ2n) is 4.17. The zero-order chi connectivity index (χ0) is 13.8. The van der Waals surface area contributed by atoms with E-state index in [4.69, 9.17) is 9.63 Å². The molecule has 0 aliphatic heterocycles. The normalized spacial score (nSPS) is 11.1. The zero-order valence-electron chi connectivity index (χ0n) is 10.5. The third-order valence-corrected chi connectivity index (χ3v) is 4.23. The molecule has 1 N–H and O–H groups in total. The zero-order valence-corrected chi connectivity index (χ0v) is 12.1. The largest absolute Gasteiger partial charge is 0.481 e. The Labute approximate surface area is 118 Å². The lowest BCUT2D eigenvalue weighted by atomic mass is 10.2. The fraction of sp³-hybridized carbons (Fsp3) is 0.455. The van der Waals surface area contributed by atoms with Crippen LogP contribution in [0.2, 0.25) is 0 Å². The standard InChI is InChI=1S/C11H13N3O3S2/c1-6(2)10-13-8(14-17-10)5-19-11-12-7(4-18-11)3-9(15)16/h4,6H,3,5H2,1-2H3,(H,15,16). The molecular weight excluding hydrogens is 286 g/mol. The second kappa shape index (κ2) is 6.16. The van der Waals surface area contributed by atoms with E-state index in [1.165, 1.54) is 23.1 Å². The average molecular weight is 299 g/mol. The van der Waals surface area contributed by atoms with Crippen LogP contribution in [0.5, 0.6) is 0 Å². The Bertz CT molecular complexity index is 565. The quantitative estimate of drug-likeness (QED) is 0.820. The highest BCUT2D eigenvalue weighted by Crippen LogP contribution is 2.26. The van der Waals surface area contributed by atoms with Gasteiger partial charge in [-0.1, -0.05) is 30.8 Å². The van der Waals surface area contributed by atoms with Crippen LogP contribution in [0.25, 0.3) is 0 Å². The Hall–Kier alpha value is -1.41. The molecule has 0 spiro atoms. The fourth-order valence-electron chi connectivity index (χ4n) is 1.28. The summed E-state index contributed by atoms with van der Waals surface area (Å²) in [6.07, 6.45) is -0.0449. The van der Waals surface area contributed by atoms with Crippen LogP contribution in [0.15, 0.2) is 14.2 Å². The number of rotatable bonds is 6. The van der Waals surface area contributed by atoms with E-state index in [1.807, 2.05) is 13.8 Å². The Balaban J connectivity index is 1.90.